The smallest absolute Gasteiger partial charge is 0.0946 e. The van der Waals surface area contributed by atoms with Gasteiger partial charge in [-0.05, 0) is 25.2 Å². The van der Waals surface area contributed by atoms with E-state index in [-0.39, 0.29) is 11.5 Å². The van der Waals surface area contributed by atoms with E-state index in [0.29, 0.717) is 5.41 Å². The first-order chi connectivity index (χ1) is 7.70. The number of rotatable bonds is 2. The maximum absolute atomic E-state index is 5.87. The Morgan fingerprint density at radius 2 is 2.00 bits per heavy atom. The van der Waals surface area contributed by atoms with Crippen LogP contribution in [0.2, 0.25) is 0 Å². The molecular weight excluding hydrogens is 228 g/mol. The molecule has 1 aromatic rings. The van der Waals surface area contributed by atoms with E-state index in [9.17, 15) is 0 Å². The molecule has 1 atom stereocenters. The Morgan fingerprint density at radius 3 is 2.59 bits per heavy atom. The SMILES string of the molecule is CC(N)Cc1nc2c(s1)C(C)(C)CC(C)(C)C2. The summed E-state index contributed by atoms with van der Waals surface area (Å²) in [4.78, 5) is 6.31. The lowest BCUT2D eigenvalue weighted by Gasteiger charge is -2.39. The zero-order valence-corrected chi connectivity index (χ0v) is 12.4. The Labute approximate surface area is 109 Å². The van der Waals surface area contributed by atoms with Crippen molar-refractivity contribution in [2.24, 2.45) is 11.1 Å². The van der Waals surface area contributed by atoms with Gasteiger partial charge in [0.1, 0.15) is 0 Å². The molecule has 1 aliphatic carbocycles. The molecule has 0 spiro atoms. The predicted molar refractivity (Wildman–Crippen MR) is 74.6 cm³/mol. The van der Waals surface area contributed by atoms with Gasteiger partial charge in [-0.1, -0.05) is 27.7 Å². The van der Waals surface area contributed by atoms with Crippen LogP contribution >= 0.6 is 11.3 Å². The second-order valence-corrected chi connectivity index (χ2v) is 8.05. The van der Waals surface area contributed by atoms with Gasteiger partial charge in [-0.2, -0.15) is 0 Å². The van der Waals surface area contributed by atoms with Crippen molar-refractivity contribution in [3.8, 4) is 0 Å². The molecule has 17 heavy (non-hydrogen) atoms. The van der Waals surface area contributed by atoms with Crippen LogP contribution in [-0.4, -0.2) is 11.0 Å². The van der Waals surface area contributed by atoms with Crippen LogP contribution in [0.1, 0.15) is 56.6 Å². The molecule has 96 valence electrons. The number of thiazole rings is 1. The third-order valence-electron chi connectivity index (χ3n) is 3.42. The molecule has 2 nitrogen and oxygen atoms in total. The van der Waals surface area contributed by atoms with E-state index in [0.717, 1.165) is 12.8 Å². The largest absolute Gasteiger partial charge is 0.328 e. The van der Waals surface area contributed by atoms with Crippen molar-refractivity contribution in [1.29, 1.82) is 0 Å². The highest BCUT2D eigenvalue weighted by Crippen LogP contribution is 2.47. The first-order valence-electron chi connectivity index (χ1n) is 6.44. The molecule has 0 aliphatic heterocycles. The van der Waals surface area contributed by atoms with Crippen molar-refractivity contribution >= 4 is 11.3 Å². The van der Waals surface area contributed by atoms with Gasteiger partial charge in [0, 0.05) is 22.8 Å². The van der Waals surface area contributed by atoms with E-state index in [2.05, 4.69) is 34.6 Å². The van der Waals surface area contributed by atoms with Gasteiger partial charge in [0.2, 0.25) is 0 Å². The van der Waals surface area contributed by atoms with Crippen LogP contribution in [0.3, 0.4) is 0 Å². The van der Waals surface area contributed by atoms with Crippen molar-refractivity contribution < 1.29 is 0 Å². The lowest BCUT2D eigenvalue weighted by molar-refractivity contribution is 0.232. The third kappa shape index (κ3) is 2.71. The quantitative estimate of drug-likeness (QED) is 0.877. The van der Waals surface area contributed by atoms with Crippen molar-refractivity contribution in [1.82, 2.24) is 4.98 Å². The molecule has 3 heteroatoms. The molecule has 1 unspecified atom stereocenters. The van der Waals surface area contributed by atoms with Crippen molar-refractivity contribution in [2.75, 3.05) is 0 Å². The second kappa shape index (κ2) is 4.06. The summed E-state index contributed by atoms with van der Waals surface area (Å²) in [6.07, 6.45) is 3.27. The molecule has 1 heterocycles. The fourth-order valence-corrected chi connectivity index (χ4v) is 4.53. The van der Waals surface area contributed by atoms with E-state index in [1.165, 1.54) is 22.0 Å². The van der Waals surface area contributed by atoms with Gasteiger partial charge in [0.15, 0.2) is 0 Å². The highest BCUT2D eigenvalue weighted by molar-refractivity contribution is 7.12. The molecular formula is C14H24N2S. The van der Waals surface area contributed by atoms with Crippen molar-refractivity contribution in [2.45, 2.75) is 65.3 Å². The van der Waals surface area contributed by atoms with Crippen LogP contribution < -0.4 is 5.73 Å². The molecule has 0 radical (unpaired) electrons. The van der Waals surface area contributed by atoms with Gasteiger partial charge in [0.05, 0.1) is 10.7 Å². The van der Waals surface area contributed by atoms with E-state index in [1.54, 1.807) is 0 Å². The normalized spacial score (nSPS) is 23.2. The summed E-state index contributed by atoms with van der Waals surface area (Å²) in [5.74, 6) is 0. The Bertz CT molecular complexity index is 416. The Balaban J connectivity index is 2.36. The predicted octanol–water partition coefficient (Wildman–Crippen LogP) is 3.28. The van der Waals surface area contributed by atoms with Crippen LogP contribution in [0.5, 0.6) is 0 Å². The number of hydrogen-bond acceptors (Lipinski definition) is 3. The molecule has 0 saturated heterocycles. The molecule has 0 amide bonds. The molecule has 2 rings (SSSR count). The Morgan fingerprint density at radius 1 is 1.35 bits per heavy atom. The summed E-state index contributed by atoms with van der Waals surface area (Å²) in [5, 5.41) is 1.22. The van der Waals surface area contributed by atoms with E-state index in [1.807, 2.05) is 11.3 Å². The summed E-state index contributed by atoms with van der Waals surface area (Å²) in [6, 6.07) is 0.207. The fourth-order valence-electron chi connectivity index (χ4n) is 3.20. The standard InChI is InChI=1S/C14H24N2S/c1-9(15)6-11-16-10-7-13(2,3)8-14(4,5)12(10)17-11/h9H,6-8,15H2,1-5H3. The molecule has 2 N–H and O–H groups in total. The Hall–Kier alpha value is -0.410. The summed E-state index contributed by atoms with van der Waals surface area (Å²) in [5.41, 5.74) is 7.84. The highest BCUT2D eigenvalue weighted by atomic mass is 32.1. The lowest BCUT2D eigenvalue weighted by Crippen LogP contribution is -2.33. The first kappa shape index (κ1) is 13.0. The van der Waals surface area contributed by atoms with E-state index >= 15 is 0 Å². The summed E-state index contributed by atoms with van der Waals surface area (Å²) < 4.78 is 0. The molecule has 1 aliphatic rings. The minimum absolute atomic E-state index is 0.207. The van der Waals surface area contributed by atoms with Crippen LogP contribution in [-0.2, 0) is 18.3 Å². The van der Waals surface area contributed by atoms with Crippen LogP contribution in [0.4, 0.5) is 0 Å². The number of hydrogen-bond donors (Lipinski definition) is 1. The molecule has 1 aromatic heterocycles. The zero-order valence-electron chi connectivity index (χ0n) is 11.6. The third-order valence-corrected chi connectivity index (χ3v) is 4.91. The molecule has 0 fully saturated rings. The number of nitrogens with zero attached hydrogens (tertiary/aromatic N) is 1. The lowest BCUT2D eigenvalue weighted by atomic mass is 9.67. The average Bonchev–Trinajstić information content (AvgIpc) is 2.42. The molecule has 0 aromatic carbocycles. The molecule has 0 saturated carbocycles. The van der Waals surface area contributed by atoms with Crippen LogP contribution in [0.15, 0.2) is 0 Å². The highest BCUT2D eigenvalue weighted by Gasteiger charge is 2.39. The monoisotopic (exact) mass is 252 g/mol. The van der Waals surface area contributed by atoms with E-state index in [4.69, 9.17) is 10.7 Å². The summed E-state index contributed by atoms with van der Waals surface area (Å²) in [7, 11) is 0. The van der Waals surface area contributed by atoms with Crippen LogP contribution in [0.25, 0.3) is 0 Å². The zero-order chi connectivity index (χ0) is 12.8. The maximum Gasteiger partial charge on any atom is 0.0946 e. The van der Waals surface area contributed by atoms with Gasteiger partial charge < -0.3 is 5.73 Å². The second-order valence-electron chi connectivity index (χ2n) is 6.97. The maximum atomic E-state index is 5.87. The Kier molecular flexibility index (Phi) is 3.11. The van der Waals surface area contributed by atoms with Gasteiger partial charge in [-0.25, -0.2) is 4.98 Å². The summed E-state index contributed by atoms with van der Waals surface area (Å²) in [6.45, 7) is 11.4. The van der Waals surface area contributed by atoms with Gasteiger partial charge in [0.25, 0.3) is 0 Å². The minimum Gasteiger partial charge on any atom is -0.328 e. The number of nitrogens with two attached hydrogens (primary N) is 1. The molecule has 0 bridgehead atoms. The first-order valence-corrected chi connectivity index (χ1v) is 7.26. The van der Waals surface area contributed by atoms with Gasteiger partial charge >= 0.3 is 0 Å². The number of aromatic nitrogens is 1. The van der Waals surface area contributed by atoms with Gasteiger partial charge in [-0.15, -0.1) is 11.3 Å². The van der Waals surface area contributed by atoms with Crippen molar-refractivity contribution in [3.63, 3.8) is 0 Å². The summed E-state index contributed by atoms with van der Waals surface area (Å²) >= 11 is 1.88. The topological polar surface area (TPSA) is 38.9 Å². The van der Waals surface area contributed by atoms with E-state index < -0.39 is 0 Å². The minimum atomic E-state index is 0.207. The van der Waals surface area contributed by atoms with Gasteiger partial charge in [-0.3, -0.25) is 0 Å². The number of fused-ring (bicyclic) bond motifs is 1. The average molecular weight is 252 g/mol. The van der Waals surface area contributed by atoms with Crippen LogP contribution in [0, 0.1) is 5.41 Å². The van der Waals surface area contributed by atoms with Crippen molar-refractivity contribution in [3.05, 3.63) is 15.6 Å². The fraction of sp³-hybridized carbons (Fsp3) is 0.786.